The van der Waals surface area contributed by atoms with Crippen LogP contribution in [0, 0.1) is 0 Å². The van der Waals surface area contributed by atoms with Crippen LogP contribution in [-0.4, -0.2) is 38.2 Å². The average molecular weight is 309 g/mol. The molecule has 5 heteroatoms. The van der Waals surface area contributed by atoms with Crippen LogP contribution in [0.2, 0.25) is 0 Å². The number of benzene rings is 1. The summed E-state index contributed by atoms with van der Waals surface area (Å²) in [7, 11) is -1.43. The Morgan fingerprint density at radius 3 is 2.38 bits per heavy atom. The van der Waals surface area contributed by atoms with Crippen LogP contribution in [0.15, 0.2) is 24.3 Å². The summed E-state index contributed by atoms with van der Waals surface area (Å²) in [5.74, 6) is 1.15. The lowest BCUT2D eigenvalue weighted by Gasteiger charge is -2.21. The maximum atomic E-state index is 12.6. The fraction of sp³-hybridized carbons (Fsp3) is 0.625. The third-order valence-electron chi connectivity index (χ3n) is 4.82. The van der Waals surface area contributed by atoms with Gasteiger partial charge in [0.25, 0.3) is 0 Å². The standard InChI is InChI=1S/C16H23NO3S/c1-20-15-8-6-13(7-9-15)14-10-11-17(12-14)21(18,19)16-4-2-3-5-16/h6-9,14,16H,2-5,10-12H2,1H3/t14-/m0/s1. The zero-order chi connectivity index (χ0) is 14.9. The summed E-state index contributed by atoms with van der Waals surface area (Å²) in [6.45, 7) is 1.29. The minimum Gasteiger partial charge on any atom is -0.497 e. The third-order valence-corrected chi connectivity index (χ3v) is 7.19. The van der Waals surface area contributed by atoms with Crippen molar-refractivity contribution < 1.29 is 13.2 Å². The van der Waals surface area contributed by atoms with Crippen molar-refractivity contribution in [3.63, 3.8) is 0 Å². The van der Waals surface area contributed by atoms with E-state index >= 15 is 0 Å². The molecular formula is C16H23NO3S. The topological polar surface area (TPSA) is 46.6 Å². The first-order chi connectivity index (χ1) is 10.1. The number of nitrogens with zero attached hydrogens (tertiary/aromatic N) is 1. The lowest BCUT2D eigenvalue weighted by atomic mass is 9.99. The van der Waals surface area contributed by atoms with Gasteiger partial charge in [-0.3, -0.25) is 0 Å². The minimum absolute atomic E-state index is 0.132. The molecule has 1 aliphatic carbocycles. The SMILES string of the molecule is COc1ccc([C@H]2CCN(S(=O)(=O)C3CCCC3)C2)cc1. The summed E-state index contributed by atoms with van der Waals surface area (Å²) < 4.78 is 32.1. The molecule has 0 spiro atoms. The van der Waals surface area contributed by atoms with Gasteiger partial charge in [0.05, 0.1) is 12.4 Å². The van der Waals surface area contributed by atoms with Gasteiger partial charge in [-0.15, -0.1) is 0 Å². The van der Waals surface area contributed by atoms with Crippen molar-refractivity contribution in [1.29, 1.82) is 0 Å². The molecule has 0 aromatic heterocycles. The maximum Gasteiger partial charge on any atom is 0.216 e. The maximum absolute atomic E-state index is 12.6. The van der Waals surface area contributed by atoms with Gasteiger partial charge in [0, 0.05) is 13.1 Å². The summed E-state index contributed by atoms with van der Waals surface area (Å²) in [6.07, 6.45) is 4.70. The molecule has 1 saturated heterocycles. The van der Waals surface area contributed by atoms with Crippen molar-refractivity contribution in [1.82, 2.24) is 4.31 Å². The number of hydrogen-bond donors (Lipinski definition) is 0. The van der Waals surface area contributed by atoms with E-state index < -0.39 is 10.0 Å². The largest absolute Gasteiger partial charge is 0.497 e. The van der Waals surface area contributed by atoms with Gasteiger partial charge in [0.1, 0.15) is 5.75 Å². The van der Waals surface area contributed by atoms with Crippen molar-refractivity contribution >= 4 is 10.0 Å². The first-order valence-electron chi connectivity index (χ1n) is 7.74. The third kappa shape index (κ3) is 2.94. The summed E-state index contributed by atoms with van der Waals surface area (Å²) in [5.41, 5.74) is 1.21. The second-order valence-corrected chi connectivity index (χ2v) is 8.28. The van der Waals surface area contributed by atoms with Crippen LogP contribution < -0.4 is 4.74 Å². The molecule has 116 valence electrons. The first kappa shape index (κ1) is 14.9. The summed E-state index contributed by atoms with van der Waals surface area (Å²) in [6, 6.07) is 8.00. The highest BCUT2D eigenvalue weighted by Gasteiger charge is 2.38. The quantitative estimate of drug-likeness (QED) is 0.859. The van der Waals surface area contributed by atoms with Crippen LogP contribution in [0.25, 0.3) is 0 Å². The second kappa shape index (κ2) is 5.97. The highest BCUT2D eigenvalue weighted by atomic mass is 32.2. The molecule has 21 heavy (non-hydrogen) atoms. The zero-order valence-electron chi connectivity index (χ0n) is 12.5. The number of ether oxygens (including phenoxy) is 1. The van der Waals surface area contributed by atoms with E-state index in [-0.39, 0.29) is 5.25 Å². The zero-order valence-corrected chi connectivity index (χ0v) is 13.3. The van der Waals surface area contributed by atoms with E-state index in [1.807, 2.05) is 12.1 Å². The Balaban J connectivity index is 1.69. The monoisotopic (exact) mass is 309 g/mol. The highest BCUT2D eigenvalue weighted by Crippen LogP contribution is 2.34. The predicted octanol–water partition coefficient (Wildman–Crippen LogP) is 2.76. The molecule has 4 nitrogen and oxygen atoms in total. The van der Waals surface area contributed by atoms with Gasteiger partial charge in [-0.1, -0.05) is 25.0 Å². The van der Waals surface area contributed by atoms with Crippen LogP contribution in [0.3, 0.4) is 0 Å². The predicted molar refractivity (Wildman–Crippen MR) is 83.1 cm³/mol. The lowest BCUT2D eigenvalue weighted by Crippen LogP contribution is -2.35. The van der Waals surface area contributed by atoms with Crippen LogP contribution in [0.4, 0.5) is 0 Å². The molecule has 2 aliphatic rings. The Bertz CT molecular complexity index is 576. The van der Waals surface area contributed by atoms with E-state index in [9.17, 15) is 8.42 Å². The summed E-state index contributed by atoms with van der Waals surface area (Å²) >= 11 is 0. The van der Waals surface area contributed by atoms with E-state index in [1.165, 1.54) is 5.56 Å². The molecule has 0 N–H and O–H groups in total. The van der Waals surface area contributed by atoms with Crippen molar-refractivity contribution in [3.8, 4) is 5.75 Å². The molecule has 0 amide bonds. The van der Waals surface area contributed by atoms with E-state index in [0.29, 0.717) is 19.0 Å². The molecule has 2 fully saturated rings. The smallest absolute Gasteiger partial charge is 0.216 e. The molecule has 1 saturated carbocycles. The van der Waals surface area contributed by atoms with E-state index in [2.05, 4.69) is 12.1 Å². The van der Waals surface area contributed by atoms with E-state index in [1.54, 1.807) is 11.4 Å². The molecule has 3 rings (SSSR count). The van der Waals surface area contributed by atoms with Crippen LogP contribution in [-0.2, 0) is 10.0 Å². The molecule has 1 aromatic rings. The molecule has 1 heterocycles. The molecule has 1 atom stereocenters. The molecule has 0 unspecified atom stereocenters. The lowest BCUT2D eigenvalue weighted by molar-refractivity contribution is 0.414. The Morgan fingerprint density at radius 2 is 1.76 bits per heavy atom. The van der Waals surface area contributed by atoms with E-state index in [4.69, 9.17) is 4.74 Å². The summed E-state index contributed by atoms with van der Waals surface area (Å²) in [5, 5.41) is -0.132. The second-order valence-electron chi connectivity index (χ2n) is 6.07. The van der Waals surface area contributed by atoms with Crippen LogP contribution in [0.5, 0.6) is 5.75 Å². The van der Waals surface area contributed by atoms with Gasteiger partial charge < -0.3 is 4.74 Å². The van der Waals surface area contributed by atoms with Crippen molar-refractivity contribution in [3.05, 3.63) is 29.8 Å². The number of methoxy groups -OCH3 is 1. The van der Waals surface area contributed by atoms with E-state index in [0.717, 1.165) is 37.9 Å². The normalized spacial score (nSPS) is 24.5. The van der Waals surface area contributed by atoms with Crippen molar-refractivity contribution in [2.75, 3.05) is 20.2 Å². The van der Waals surface area contributed by atoms with Gasteiger partial charge >= 0.3 is 0 Å². The Hall–Kier alpha value is -1.07. The highest BCUT2D eigenvalue weighted by molar-refractivity contribution is 7.89. The van der Waals surface area contributed by atoms with Crippen molar-refractivity contribution in [2.24, 2.45) is 0 Å². The molecule has 0 bridgehead atoms. The van der Waals surface area contributed by atoms with Gasteiger partial charge in [-0.2, -0.15) is 0 Å². The molecular weight excluding hydrogens is 286 g/mol. The van der Waals surface area contributed by atoms with Crippen LogP contribution in [0.1, 0.15) is 43.6 Å². The summed E-state index contributed by atoms with van der Waals surface area (Å²) in [4.78, 5) is 0. The Labute approximate surface area is 127 Å². The minimum atomic E-state index is -3.08. The fourth-order valence-electron chi connectivity index (χ4n) is 3.50. The number of rotatable bonds is 4. The van der Waals surface area contributed by atoms with Gasteiger partial charge in [0.15, 0.2) is 0 Å². The molecule has 0 radical (unpaired) electrons. The number of hydrogen-bond acceptors (Lipinski definition) is 3. The van der Waals surface area contributed by atoms with Gasteiger partial charge in [-0.25, -0.2) is 12.7 Å². The molecule has 1 aliphatic heterocycles. The Morgan fingerprint density at radius 1 is 1.10 bits per heavy atom. The van der Waals surface area contributed by atoms with Crippen molar-refractivity contribution in [2.45, 2.75) is 43.3 Å². The fourth-order valence-corrected chi connectivity index (χ4v) is 5.60. The Kier molecular flexibility index (Phi) is 4.22. The van der Waals surface area contributed by atoms with Crippen LogP contribution >= 0.6 is 0 Å². The van der Waals surface area contributed by atoms with Gasteiger partial charge in [0.2, 0.25) is 10.0 Å². The van der Waals surface area contributed by atoms with Gasteiger partial charge in [-0.05, 0) is 42.9 Å². The number of sulfonamides is 1. The molecule has 1 aromatic carbocycles. The average Bonchev–Trinajstić information content (AvgIpc) is 3.19. The first-order valence-corrected chi connectivity index (χ1v) is 9.24.